The molecule has 31 heavy (non-hydrogen) atoms. The number of hydrogen-bond donors (Lipinski definition) is 0. The average molecular weight is 429 g/mol. The Morgan fingerprint density at radius 1 is 1.06 bits per heavy atom. The van der Waals surface area contributed by atoms with Gasteiger partial charge in [0.1, 0.15) is 11.3 Å². The molecule has 1 aliphatic heterocycles. The van der Waals surface area contributed by atoms with Crippen molar-refractivity contribution in [1.82, 2.24) is 19.2 Å². The zero-order chi connectivity index (χ0) is 21.8. The maximum absolute atomic E-state index is 13.1. The number of anilines is 1. The highest BCUT2D eigenvalue weighted by atomic mass is 19.4. The van der Waals surface area contributed by atoms with Gasteiger partial charge in [0, 0.05) is 43.7 Å². The number of nitrogens with zero attached hydrogens (tertiary/aromatic N) is 5. The Labute approximate surface area is 174 Å². The highest BCUT2D eigenvalue weighted by Gasteiger charge is 2.32. The lowest BCUT2D eigenvalue weighted by Gasteiger charge is -2.29. The van der Waals surface area contributed by atoms with Gasteiger partial charge in [-0.05, 0) is 30.3 Å². The number of pyridine rings is 1. The van der Waals surface area contributed by atoms with Gasteiger partial charge in [-0.15, -0.1) is 0 Å². The summed E-state index contributed by atoms with van der Waals surface area (Å²) in [6.45, 7) is 2.74. The maximum atomic E-state index is 13.1. The number of aromatic nitrogens is 4. The van der Waals surface area contributed by atoms with Crippen molar-refractivity contribution in [2.45, 2.75) is 6.18 Å². The Balaban J connectivity index is 1.67. The Kier molecular flexibility index (Phi) is 4.47. The number of aryl methyl sites for hydroxylation is 1. The summed E-state index contributed by atoms with van der Waals surface area (Å²) in [4.78, 5) is 18.6. The topological polar surface area (TPSA) is 64.7 Å². The van der Waals surface area contributed by atoms with E-state index in [1.54, 1.807) is 17.6 Å². The molecule has 0 spiro atoms. The van der Waals surface area contributed by atoms with Gasteiger partial charge in [0.25, 0.3) is 5.56 Å². The van der Waals surface area contributed by atoms with Crippen molar-refractivity contribution in [3.8, 4) is 11.3 Å². The fraction of sp³-hybridized carbons (Fsp3) is 0.286. The van der Waals surface area contributed by atoms with Crippen LogP contribution in [0.4, 0.5) is 18.9 Å². The van der Waals surface area contributed by atoms with E-state index < -0.39 is 11.9 Å². The van der Waals surface area contributed by atoms with Crippen molar-refractivity contribution in [1.29, 1.82) is 0 Å². The fourth-order valence-corrected chi connectivity index (χ4v) is 3.86. The number of rotatable bonds is 2. The van der Waals surface area contributed by atoms with Crippen molar-refractivity contribution in [3.05, 3.63) is 58.6 Å². The van der Waals surface area contributed by atoms with Crippen LogP contribution in [0.3, 0.4) is 0 Å². The first-order valence-corrected chi connectivity index (χ1v) is 9.72. The Morgan fingerprint density at radius 3 is 2.58 bits per heavy atom. The van der Waals surface area contributed by atoms with Crippen molar-refractivity contribution >= 4 is 22.2 Å². The molecule has 5 rings (SSSR count). The second-order valence-corrected chi connectivity index (χ2v) is 7.39. The first kappa shape index (κ1) is 19.6. The van der Waals surface area contributed by atoms with E-state index in [0.717, 1.165) is 31.0 Å². The molecule has 0 radical (unpaired) electrons. The van der Waals surface area contributed by atoms with E-state index in [2.05, 4.69) is 15.0 Å². The molecule has 0 amide bonds. The molecule has 1 aliphatic rings. The largest absolute Gasteiger partial charge is 0.433 e. The minimum Gasteiger partial charge on any atom is -0.378 e. The smallest absolute Gasteiger partial charge is 0.378 e. The molecule has 160 valence electrons. The Bertz CT molecular complexity index is 1350. The lowest BCUT2D eigenvalue weighted by molar-refractivity contribution is -0.141. The third kappa shape index (κ3) is 3.32. The molecule has 1 saturated heterocycles. The molecule has 0 unspecified atom stereocenters. The third-order valence-electron chi connectivity index (χ3n) is 5.50. The van der Waals surface area contributed by atoms with Crippen LogP contribution in [0, 0.1) is 0 Å². The van der Waals surface area contributed by atoms with Crippen LogP contribution in [-0.4, -0.2) is 45.5 Å². The van der Waals surface area contributed by atoms with Crippen LogP contribution < -0.4 is 10.5 Å². The summed E-state index contributed by atoms with van der Waals surface area (Å²) in [6.07, 6.45) is -3.45. The van der Waals surface area contributed by atoms with E-state index >= 15 is 0 Å². The summed E-state index contributed by atoms with van der Waals surface area (Å²) in [5, 5.41) is 4.99. The minimum absolute atomic E-state index is 0.199. The molecule has 4 heterocycles. The van der Waals surface area contributed by atoms with Gasteiger partial charge >= 0.3 is 6.18 Å². The van der Waals surface area contributed by atoms with Crippen molar-refractivity contribution < 1.29 is 17.9 Å². The highest BCUT2D eigenvalue weighted by Crippen LogP contribution is 2.31. The van der Waals surface area contributed by atoms with E-state index in [1.807, 2.05) is 18.2 Å². The van der Waals surface area contributed by atoms with Crippen molar-refractivity contribution in [3.63, 3.8) is 0 Å². The minimum atomic E-state index is -4.55. The van der Waals surface area contributed by atoms with Crippen LogP contribution in [0.1, 0.15) is 5.69 Å². The molecule has 3 aromatic heterocycles. The molecular weight excluding hydrogens is 411 g/mol. The van der Waals surface area contributed by atoms with Crippen molar-refractivity contribution in [2.75, 3.05) is 31.2 Å². The van der Waals surface area contributed by atoms with Crippen LogP contribution in [0.5, 0.6) is 0 Å². The standard InChI is InChI=1S/C21H18F3N5O2/c1-27-19-12-16(13-4-5-25-18(10-13)21(22,23)24)26-29(19)17-3-2-14(11-15(17)20(27)30)28-6-8-31-9-7-28/h2-5,10-12H,6-9H2,1H3. The van der Waals surface area contributed by atoms with E-state index in [-0.39, 0.29) is 11.1 Å². The second kappa shape index (κ2) is 7.09. The first-order valence-electron chi connectivity index (χ1n) is 9.72. The average Bonchev–Trinajstić information content (AvgIpc) is 3.23. The Morgan fingerprint density at radius 2 is 1.84 bits per heavy atom. The molecule has 0 N–H and O–H groups in total. The van der Waals surface area contributed by atoms with Gasteiger partial charge in [-0.3, -0.25) is 14.3 Å². The highest BCUT2D eigenvalue weighted by molar-refractivity contribution is 5.85. The fourth-order valence-electron chi connectivity index (χ4n) is 3.86. The lowest BCUT2D eigenvalue weighted by atomic mass is 10.1. The summed E-state index contributed by atoms with van der Waals surface area (Å²) in [5.41, 5.74) is 1.40. The molecule has 0 saturated carbocycles. The van der Waals surface area contributed by atoms with Crippen LogP contribution in [0.2, 0.25) is 0 Å². The number of morpholine rings is 1. The summed E-state index contributed by atoms with van der Waals surface area (Å²) >= 11 is 0. The molecule has 0 atom stereocenters. The van der Waals surface area contributed by atoms with E-state index in [0.29, 0.717) is 35.5 Å². The second-order valence-electron chi connectivity index (χ2n) is 7.39. The van der Waals surface area contributed by atoms with Gasteiger partial charge < -0.3 is 9.64 Å². The molecule has 0 aliphatic carbocycles. The third-order valence-corrected chi connectivity index (χ3v) is 5.50. The number of halogens is 3. The van der Waals surface area contributed by atoms with Crippen molar-refractivity contribution in [2.24, 2.45) is 7.05 Å². The van der Waals surface area contributed by atoms with Crippen LogP contribution in [0.25, 0.3) is 27.8 Å². The lowest BCUT2D eigenvalue weighted by Crippen LogP contribution is -2.36. The predicted molar refractivity (Wildman–Crippen MR) is 109 cm³/mol. The molecule has 0 bridgehead atoms. The normalized spacial score (nSPS) is 15.2. The van der Waals surface area contributed by atoms with Gasteiger partial charge in [-0.25, -0.2) is 4.52 Å². The number of ether oxygens (including phenoxy) is 1. The van der Waals surface area contributed by atoms with Gasteiger partial charge in [-0.2, -0.15) is 18.3 Å². The molecule has 1 aromatic carbocycles. The number of alkyl halides is 3. The van der Waals surface area contributed by atoms with Crippen LogP contribution >= 0.6 is 0 Å². The zero-order valence-electron chi connectivity index (χ0n) is 16.6. The maximum Gasteiger partial charge on any atom is 0.433 e. The summed E-state index contributed by atoms with van der Waals surface area (Å²) in [7, 11) is 1.62. The molecule has 4 aromatic rings. The van der Waals surface area contributed by atoms with Crippen LogP contribution in [0.15, 0.2) is 47.4 Å². The summed E-state index contributed by atoms with van der Waals surface area (Å²) in [5.74, 6) is 0. The van der Waals surface area contributed by atoms with Crippen LogP contribution in [-0.2, 0) is 18.0 Å². The molecular formula is C21H18F3N5O2. The summed E-state index contributed by atoms with van der Waals surface area (Å²) in [6, 6.07) is 9.59. The molecule has 10 heteroatoms. The van der Waals surface area contributed by atoms with Gasteiger partial charge in [-0.1, -0.05) is 0 Å². The van der Waals surface area contributed by atoms with E-state index in [9.17, 15) is 18.0 Å². The van der Waals surface area contributed by atoms with Gasteiger partial charge in [0.2, 0.25) is 0 Å². The number of fused-ring (bicyclic) bond motifs is 3. The summed E-state index contributed by atoms with van der Waals surface area (Å²) < 4.78 is 47.6. The number of hydrogen-bond acceptors (Lipinski definition) is 5. The zero-order valence-corrected chi connectivity index (χ0v) is 16.6. The number of benzene rings is 1. The van der Waals surface area contributed by atoms with E-state index in [1.165, 1.54) is 10.6 Å². The molecule has 1 fully saturated rings. The quantitative estimate of drug-likeness (QED) is 0.490. The monoisotopic (exact) mass is 429 g/mol. The SMILES string of the molecule is Cn1c(=O)c2cc(N3CCOCC3)ccc2n2nc(-c3ccnc(C(F)(F)F)c3)cc12. The van der Waals surface area contributed by atoms with Gasteiger partial charge in [0.05, 0.1) is 29.8 Å². The molecule has 7 nitrogen and oxygen atoms in total. The van der Waals surface area contributed by atoms with Gasteiger partial charge in [0.15, 0.2) is 0 Å². The first-order chi connectivity index (χ1) is 14.8. The Hall–Kier alpha value is -3.40. The van der Waals surface area contributed by atoms with E-state index in [4.69, 9.17) is 4.74 Å². The predicted octanol–water partition coefficient (Wildman–Crippen LogP) is 3.10.